The molecule has 1 N–H and O–H groups in total. The maximum absolute atomic E-state index is 12.3. The molecule has 0 saturated heterocycles. The van der Waals surface area contributed by atoms with Crippen molar-refractivity contribution in [2.24, 2.45) is 0 Å². The Bertz CT molecular complexity index is 1070. The Morgan fingerprint density at radius 3 is 2.66 bits per heavy atom. The van der Waals surface area contributed by atoms with Gasteiger partial charge in [0.05, 0.1) is 12.4 Å². The first-order valence-electron chi connectivity index (χ1n) is 10.3. The molecule has 0 bridgehead atoms. The van der Waals surface area contributed by atoms with Gasteiger partial charge in [0.2, 0.25) is 5.91 Å². The third-order valence-corrected chi connectivity index (χ3v) is 5.69. The van der Waals surface area contributed by atoms with Gasteiger partial charge in [0.15, 0.2) is 11.0 Å². The van der Waals surface area contributed by atoms with Crippen molar-refractivity contribution >= 4 is 35.2 Å². The van der Waals surface area contributed by atoms with Crippen molar-refractivity contribution in [3.8, 4) is 17.1 Å². The molecule has 0 saturated carbocycles. The molecule has 0 unspecified atom stereocenters. The largest absolute Gasteiger partial charge is 0.466 e. The first kappa shape index (κ1) is 23.8. The molecular formula is C23H25ClN4O3S. The fourth-order valence-corrected chi connectivity index (χ4v) is 3.93. The van der Waals surface area contributed by atoms with Crippen LogP contribution in [-0.4, -0.2) is 45.5 Å². The van der Waals surface area contributed by atoms with E-state index in [4.69, 9.17) is 16.3 Å². The number of aryl methyl sites for hydroxylation is 1. The normalized spacial score (nSPS) is 10.7. The number of amides is 1. The summed E-state index contributed by atoms with van der Waals surface area (Å²) < 4.78 is 6.82. The summed E-state index contributed by atoms with van der Waals surface area (Å²) in [6.45, 7) is 4.57. The molecule has 1 aromatic heterocycles. The number of rotatable bonds is 10. The Balaban J connectivity index is 1.70. The highest BCUT2D eigenvalue weighted by Gasteiger charge is 2.17. The minimum absolute atomic E-state index is 0.134. The zero-order chi connectivity index (χ0) is 22.9. The molecule has 0 aliphatic rings. The van der Waals surface area contributed by atoms with Gasteiger partial charge in [0, 0.05) is 29.2 Å². The SMILES string of the molecule is CCOC(=O)CCCNC(=O)CSc1nnc(-c2ccc(Cl)cc2)n1-c1cccc(C)c1. The van der Waals surface area contributed by atoms with Crippen LogP contribution in [0.5, 0.6) is 0 Å². The lowest BCUT2D eigenvalue weighted by molar-refractivity contribution is -0.143. The second-order valence-corrected chi connectivity index (χ2v) is 8.41. The minimum Gasteiger partial charge on any atom is -0.466 e. The zero-order valence-corrected chi connectivity index (χ0v) is 19.6. The molecule has 0 spiro atoms. The Kier molecular flexibility index (Phi) is 8.70. The molecule has 0 fully saturated rings. The van der Waals surface area contributed by atoms with Crippen LogP contribution in [0.1, 0.15) is 25.3 Å². The van der Waals surface area contributed by atoms with Crippen molar-refractivity contribution in [2.75, 3.05) is 18.9 Å². The number of hydrogen-bond acceptors (Lipinski definition) is 6. The summed E-state index contributed by atoms with van der Waals surface area (Å²) >= 11 is 7.34. The van der Waals surface area contributed by atoms with Gasteiger partial charge in [-0.15, -0.1) is 10.2 Å². The summed E-state index contributed by atoms with van der Waals surface area (Å²) in [5.41, 5.74) is 2.89. The molecule has 0 atom stereocenters. The molecule has 9 heteroatoms. The maximum atomic E-state index is 12.3. The highest BCUT2D eigenvalue weighted by atomic mass is 35.5. The number of carbonyl (C=O) groups is 2. The Labute approximate surface area is 196 Å². The average Bonchev–Trinajstić information content (AvgIpc) is 3.20. The number of aromatic nitrogens is 3. The summed E-state index contributed by atoms with van der Waals surface area (Å²) in [6.07, 6.45) is 0.822. The first-order chi connectivity index (χ1) is 15.5. The molecule has 7 nitrogen and oxygen atoms in total. The molecule has 0 radical (unpaired) electrons. The number of nitrogens with one attached hydrogen (secondary N) is 1. The van der Waals surface area contributed by atoms with Gasteiger partial charge >= 0.3 is 5.97 Å². The monoisotopic (exact) mass is 472 g/mol. The summed E-state index contributed by atoms with van der Waals surface area (Å²) in [5.74, 6) is 0.469. The van der Waals surface area contributed by atoms with Gasteiger partial charge in [-0.25, -0.2) is 0 Å². The van der Waals surface area contributed by atoms with Crippen LogP contribution in [-0.2, 0) is 14.3 Å². The number of benzene rings is 2. The fourth-order valence-electron chi connectivity index (χ4n) is 3.02. The van der Waals surface area contributed by atoms with E-state index in [1.165, 1.54) is 11.8 Å². The van der Waals surface area contributed by atoms with Crippen molar-refractivity contribution in [1.29, 1.82) is 0 Å². The molecule has 3 rings (SSSR count). The van der Waals surface area contributed by atoms with Crippen LogP contribution in [0.25, 0.3) is 17.1 Å². The van der Waals surface area contributed by atoms with Gasteiger partial charge in [-0.2, -0.15) is 0 Å². The Morgan fingerprint density at radius 1 is 1.16 bits per heavy atom. The van der Waals surface area contributed by atoms with E-state index in [1.54, 1.807) is 6.92 Å². The van der Waals surface area contributed by atoms with Crippen molar-refractivity contribution in [2.45, 2.75) is 31.8 Å². The number of esters is 1. The van der Waals surface area contributed by atoms with Gasteiger partial charge in [-0.3, -0.25) is 14.2 Å². The summed E-state index contributed by atoms with van der Waals surface area (Å²) in [4.78, 5) is 23.7. The van der Waals surface area contributed by atoms with Gasteiger partial charge < -0.3 is 10.1 Å². The van der Waals surface area contributed by atoms with E-state index in [1.807, 2.05) is 60.0 Å². The van der Waals surface area contributed by atoms with E-state index in [2.05, 4.69) is 15.5 Å². The number of carbonyl (C=O) groups excluding carboxylic acids is 2. The van der Waals surface area contributed by atoms with Crippen LogP contribution < -0.4 is 5.32 Å². The first-order valence-corrected chi connectivity index (χ1v) is 11.7. The molecule has 0 aliphatic heterocycles. The number of halogens is 1. The van der Waals surface area contributed by atoms with E-state index < -0.39 is 0 Å². The maximum Gasteiger partial charge on any atom is 0.305 e. The smallest absolute Gasteiger partial charge is 0.305 e. The van der Waals surface area contributed by atoms with Crippen LogP contribution in [0.15, 0.2) is 53.7 Å². The second-order valence-electron chi connectivity index (χ2n) is 7.03. The van der Waals surface area contributed by atoms with Crippen molar-refractivity contribution in [3.63, 3.8) is 0 Å². The molecule has 2 aromatic carbocycles. The lowest BCUT2D eigenvalue weighted by Crippen LogP contribution is -2.26. The highest BCUT2D eigenvalue weighted by Crippen LogP contribution is 2.29. The Morgan fingerprint density at radius 2 is 1.94 bits per heavy atom. The number of thioether (sulfide) groups is 1. The van der Waals surface area contributed by atoms with Gasteiger partial charge in [-0.1, -0.05) is 35.5 Å². The van der Waals surface area contributed by atoms with Crippen LogP contribution in [0, 0.1) is 6.92 Å². The third kappa shape index (κ3) is 6.58. The molecule has 0 aliphatic carbocycles. The van der Waals surface area contributed by atoms with Crippen molar-refractivity contribution < 1.29 is 14.3 Å². The summed E-state index contributed by atoms with van der Waals surface area (Å²) in [5, 5.41) is 12.8. The molecule has 1 amide bonds. The minimum atomic E-state index is -0.253. The number of hydrogen-bond donors (Lipinski definition) is 1. The van der Waals surface area contributed by atoms with Gasteiger partial charge in [-0.05, 0) is 62.2 Å². The van der Waals surface area contributed by atoms with Gasteiger partial charge in [0.1, 0.15) is 0 Å². The topological polar surface area (TPSA) is 86.1 Å². The van der Waals surface area contributed by atoms with E-state index >= 15 is 0 Å². The van der Waals surface area contributed by atoms with Crippen LogP contribution in [0.3, 0.4) is 0 Å². The fraction of sp³-hybridized carbons (Fsp3) is 0.304. The van der Waals surface area contributed by atoms with Crippen molar-refractivity contribution in [1.82, 2.24) is 20.1 Å². The van der Waals surface area contributed by atoms with Gasteiger partial charge in [0.25, 0.3) is 0 Å². The van der Waals surface area contributed by atoms with E-state index in [0.717, 1.165) is 16.8 Å². The molecule has 168 valence electrons. The summed E-state index contributed by atoms with van der Waals surface area (Å²) in [7, 11) is 0. The number of nitrogens with zero attached hydrogens (tertiary/aromatic N) is 3. The molecule has 1 heterocycles. The lowest BCUT2D eigenvalue weighted by Gasteiger charge is -2.11. The average molecular weight is 473 g/mol. The van der Waals surface area contributed by atoms with Crippen molar-refractivity contribution in [3.05, 3.63) is 59.1 Å². The Hall–Kier alpha value is -2.84. The zero-order valence-electron chi connectivity index (χ0n) is 18.0. The predicted molar refractivity (Wildman–Crippen MR) is 126 cm³/mol. The predicted octanol–water partition coefficient (Wildman–Crippen LogP) is 4.45. The van der Waals surface area contributed by atoms with E-state index in [-0.39, 0.29) is 24.1 Å². The standard InChI is InChI=1S/C23H25ClN4O3S/c1-3-31-21(30)8-5-13-25-20(29)15-32-23-27-26-22(17-9-11-18(24)12-10-17)28(23)19-7-4-6-16(2)14-19/h4,6-7,9-12,14H,3,5,8,13,15H2,1-2H3,(H,25,29). The third-order valence-electron chi connectivity index (χ3n) is 4.51. The van der Waals surface area contributed by atoms with E-state index in [9.17, 15) is 9.59 Å². The van der Waals surface area contributed by atoms with Crippen LogP contribution in [0.2, 0.25) is 5.02 Å². The molecule has 3 aromatic rings. The highest BCUT2D eigenvalue weighted by molar-refractivity contribution is 7.99. The number of ether oxygens (including phenoxy) is 1. The summed E-state index contributed by atoms with van der Waals surface area (Å²) in [6, 6.07) is 15.4. The lowest BCUT2D eigenvalue weighted by atomic mass is 10.2. The molecule has 32 heavy (non-hydrogen) atoms. The molecular weight excluding hydrogens is 448 g/mol. The second kappa shape index (κ2) is 11.7. The van der Waals surface area contributed by atoms with Crippen LogP contribution >= 0.6 is 23.4 Å². The van der Waals surface area contributed by atoms with Crippen LogP contribution in [0.4, 0.5) is 0 Å². The quantitative estimate of drug-likeness (QED) is 0.266. The van der Waals surface area contributed by atoms with E-state index in [0.29, 0.717) is 35.6 Å².